The van der Waals surface area contributed by atoms with Crippen LogP contribution in [0.1, 0.15) is 38.3 Å². The van der Waals surface area contributed by atoms with Crippen LogP contribution in [0.2, 0.25) is 0 Å². The summed E-state index contributed by atoms with van der Waals surface area (Å²) in [4.78, 5) is 2.35. The highest BCUT2D eigenvalue weighted by atomic mass is 35.5. The van der Waals surface area contributed by atoms with Crippen LogP contribution in [0.5, 0.6) is 0 Å². The molecule has 0 radical (unpaired) electrons. The molecule has 0 saturated heterocycles. The standard InChI is InChI=1S/C22H25N.ClH/c1-4-23(5-2)17-11-10-16-22(3)20-14-8-6-12-18(20)19-13-7-9-15-21(19)22;/h6-9,12-15H,4-5,16-17H2,1-3H3;1H. The Labute approximate surface area is 152 Å². The molecule has 2 aromatic rings. The summed E-state index contributed by atoms with van der Waals surface area (Å²) in [5, 5.41) is 0. The lowest BCUT2D eigenvalue weighted by atomic mass is 9.77. The van der Waals surface area contributed by atoms with Crippen LogP contribution in [0, 0.1) is 11.8 Å². The van der Waals surface area contributed by atoms with Gasteiger partial charge >= 0.3 is 0 Å². The Hall–Kier alpha value is -1.75. The largest absolute Gasteiger partial charge is 0.293 e. The van der Waals surface area contributed by atoms with Crippen molar-refractivity contribution in [2.75, 3.05) is 19.6 Å². The van der Waals surface area contributed by atoms with E-state index in [0.717, 1.165) is 26.1 Å². The monoisotopic (exact) mass is 339 g/mol. The highest BCUT2D eigenvalue weighted by Crippen LogP contribution is 2.50. The van der Waals surface area contributed by atoms with Gasteiger partial charge in [-0.25, -0.2) is 0 Å². The van der Waals surface area contributed by atoms with Crippen LogP contribution >= 0.6 is 12.4 Å². The van der Waals surface area contributed by atoms with E-state index in [4.69, 9.17) is 0 Å². The first-order valence-corrected chi connectivity index (χ1v) is 8.58. The van der Waals surface area contributed by atoms with Gasteiger partial charge in [0.1, 0.15) is 0 Å². The summed E-state index contributed by atoms with van der Waals surface area (Å²) >= 11 is 0. The van der Waals surface area contributed by atoms with Crippen molar-refractivity contribution in [1.82, 2.24) is 4.90 Å². The van der Waals surface area contributed by atoms with Crippen LogP contribution in [0.4, 0.5) is 0 Å². The molecule has 2 heteroatoms. The van der Waals surface area contributed by atoms with Gasteiger partial charge in [-0.2, -0.15) is 0 Å². The summed E-state index contributed by atoms with van der Waals surface area (Å²) in [5.74, 6) is 6.83. The minimum atomic E-state index is 0. The van der Waals surface area contributed by atoms with Crippen LogP contribution < -0.4 is 0 Å². The number of rotatable bonds is 4. The second-order valence-corrected chi connectivity index (χ2v) is 6.41. The van der Waals surface area contributed by atoms with Gasteiger partial charge in [-0.1, -0.05) is 75.2 Å². The second kappa shape index (κ2) is 7.88. The van der Waals surface area contributed by atoms with Crippen molar-refractivity contribution in [2.24, 2.45) is 0 Å². The molecule has 1 aliphatic carbocycles. The Morgan fingerprint density at radius 1 is 0.833 bits per heavy atom. The topological polar surface area (TPSA) is 3.24 Å². The Bertz CT molecular complexity index is 704. The minimum absolute atomic E-state index is 0. The molecule has 0 spiro atoms. The molecule has 2 aromatic carbocycles. The quantitative estimate of drug-likeness (QED) is 0.698. The van der Waals surface area contributed by atoms with Gasteiger partial charge < -0.3 is 0 Å². The van der Waals surface area contributed by atoms with Crippen LogP contribution in [0.15, 0.2) is 48.5 Å². The lowest BCUT2D eigenvalue weighted by molar-refractivity contribution is 0.342. The number of hydrogen-bond acceptors (Lipinski definition) is 1. The molecule has 0 unspecified atom stereocenters. The zero-order chi connectivity index (χ0) is 16.3. The fourth-order valence-electron chi connectivity index (χ4n) is 3.59. The molecule has 0 fully saturated rings. The molecule has 0 saturated carbocycles. The van der Waals surface area contributed by atoms with Crippen molar-refractivity contribution >= 4 is 12.4 Å². The van der Waals surface area contributed by atoms with Crippen molar-refractivity contribution in [2.45, 2.75) is 32.6 Å². The van der Waals surface area contributed by atoms with Gasteiger partial charge in [0.2, 0.25) is 0 Å². The molecule has 0 aromatic heterocycles. The highest BCUT2D eigenvalue weighted by molar-refractivity contribution is 5.85. The first-order valence-electron chi connectivity index (χ1n) is 8.58. The third-order valence-electron chi connectivity index (χ3n) is 5.10. The maximum atomic E-state index is 3.46. The van der Waals surface area contributed by atoms with Gasteiger partial charge in [0.15, 0.2) is 0 Å². The zero-order valence-corrected chi connectivity index (χ0v) is 15.6. The maximum absolute atomic E-state index is 3.46. The molecular formula is C22H26ClN. The number of nitrogens with zero attached hydrogens (tertiary/aromatic N) is 1. The number of fused-ring (bicyclic) bond motifs is 3. The number of benzene rings is 2. The molecule has 0 amide bonds. The van der Waals surface area contributed by atoms with Crippen molar-refractivity contribution in [1.29, 1.82) is 0 Å². The minimum Gasteiger partial charge on any atom is -0.293 e. The summed E-state index contributed by atoms with van der Waals surface area (Å²) in [6.07, 6.45) is 0.877. The summed E-state index contributed by atoms with van der Waals surface area (Å²) in [6, 6.07) is 17.6. The van der Waals surface area contributed by atoms with Gasteiger partial charge in [0.05, 0.1) is 6.54 Å². The van der Waals surface area contributed by atoms with E-state index in [1.54, 1.807) is 0 Å². The summed E-state index contributed by atoms with van der Waals surface area (Å²) in [6.45, 7) is 9.71. The molecular weight excluding hydrogens is 314 g/mol. The highest BCUT2D eigenvalue weighted by Gasteiger charge is 2.38. The van der Waals surface area contributed by atoms with Gasteiger partial charge in [-0.3, -0.25) is 4.90 Å². The third kappa shape index (κ3) is 3.22. The lowest BCUT2D eigenvalue weighted by Gasteiger charge is -2.25. The van der Waals surface area contributed by atoms with E-state index >= 15 is 0 Å². The summed E-state index contributed by atoms with van der Waals surface area (Å²) < 4.78 is 0. The predicted octanol–water partition coefficient (Wildman–Crippen LogP) is 5.13. The van der Waals surface area contributed by atoms with Gasteiger partial charge in [0.25, 0.3) is 0 Å². The molecule has 1 aliphatic rings. The van der Waals surface area contributed by atoms with Gasteiger partial charge in [0, 0.05) is 11.8 Å². The lowest BCUT2D eigenvalue weighted by Crippen LogP contribution is -2.23. The fraction of sp³-hybridized carbons (Fsp3) is 0.364. The Kier molecular flexibility index (Phi) is 6.10. The molecule has 0 atom stereocenters. The van der Waals surface area contributed by atoms with Crippen LogP contribution in [-0.4, -0.2) is 24.5 Å². The van der Waals surface area contributed by atoms with Gasteiger partial charge in [-0.05, 0) is 35.3 Å². The maximum Gasteiger partial charge on any atom is 0.0601 e. The molecule has 24 heavy (non-hydrogen) atoms. The van der Waals surface area contributed by atoms with E-state index < -0.39 is 0 Å². The third-order valence-corrected chi connectivity index (χ3v) is 5.10. The average Bonchev–Trinajstić information content (AvgIpc) is 2.86. The first-order chi connectivity index (χ1) is 11.2. The van der Waals surface area contributed by atoms with Crippen molar-refractivity contribution in [3.8, 4) is 23.0 Å². The van der Waals surface area contributed by atoms with Crippen molar-refractivity contribution in [3.63, 3.8) is 0 Å². The summed E-state index contributed by atoms with van der Waals surface area (Å²) in [7, 11) is 0. The predicted molar refractivity (Wildman–Crippen MR) is 106 cm³/mol. The van der Waals surface area contributed by atoms with Crippen LogP contribution in [-0.2, 0) is 5.41 Å². The second-order valence-electron chi connectivity index (χ2n) is 6.41. The molecule has 0 heterocycles. The zero-order valence-electron chi connectivity index (χ0n) is 14.8. The normalized spacial score (nSPS) is 13.5. The van der Waals surface area contributed by atoms with E-state index in [1.807, 2.05) is 0 Å². The van der Waals surface area contributed by atoms with E-state index in [0.29, 0.717) is 0 Å². The van der Waals surface area contributed by atoms with E-state index in [1.165, 1.54) is 22.3 Å². The first kappa shape index (κ1) is 18.6. The molecule has 3 rings (SSSR count). The van der Waals surface area contributed by atoms with Gasteiger partial charge in [-0.15, -0.1) is 18.3 Å². The van der Waals surface area contributed by atoms with E-state index in [2.05, 4.69) is 86.0 Å². The SMILES string of the molecule is CCN(CC)CC#CCC1(C)c2ccccc2-c2ccccc21.Cl. The Morgan fingerprint density at radius 2 is 1.33 bits per heavy atom. The molecule has 126 valence electrons. The van der Waals surface area contributed by atoms with Crippen molar-refractivity contribution < 1.29 is 0 Å². The smallest absolute Gasteiger partial charge is 0.0601 e. The number of halogens is 1. The molecule has 0 N–H and O–H groups in total. The Balaban J connectivity index is 0.00000208. The van der Waals surface area contributed by atoms with Crippen molar-refractivity contribution in [3.05, 3.63) is 59.7 Å². The Morgan fingerprint density at radius 3 is 1.83 bits per heavy atom. The van der Waals surface area contributed by atoms with E-state index in [-0.39, 0.29) is 17.8 Å². The molecule has 0 bridgehead atoms. The molecule has 1 nitrogen and oxygen atoms in total. The van der Waals surface area contributed by atoms with E-state index in [9.17, 15) is 0 Å². The number of hydrogen-bond donors (Lipinski definition) is 0. The fourth-order valence-corrected chi connectivity index (χ4v) is 3.59. The molecule has 0 aliphatic heterocycles. The van der Waals surface area contributed by atoms with Crippen LogP contribution in [0.25, 0.3) is 11.1 Å². The summed E-state index contributed by atoms with van der Waals surface area (Å²) in [5.41, 5.74) is 5.58. The average molecular weight is 340 g/mol. The van der Waals surface area contributed by atoms with Crippen LogP contribution in [0.3, 0.4) is 0 Å².